The average molecular weight is 382 g/mol. The van der Waals surface area contributed by atoms with Crippen molar-refractivity contribution in [3.05, 3.63) is 54.1 Å². The number of urea groups is 1. The van der Waals surface area contributed by atoms with E-state index < -0.39 is 0 Å². The van der Waals surface area contributed by atoms with Gasteiger partial charge in [0.2, 0.25) is 5.91 Å². The minimum absolute atomic E-state index is 0.0791. The number of piperazine rings is 1. The van der Waals surface area contributed by atoms with Gasteiger partial charge in [-0.3, -0.25) is 4.79 Å². The van der Waals surface area contributed by atoms with Gasteiger partial charge in [-0.05, 0) is 29.8 Å². The molecule has 1 saturated heterocycles. The summed E-state index contributed by atoms with van der Waals surface area (Å²) in [5, 5.41) is 5.71. The molecule has 3 amide bonds. The van der Waals surface area contributed by atoms with E-state index in [0.717, 1.165) is 35.8 Å². The number of ether oxygens (including phenoxy) is 1. The molecule has 1 fully saturated rings. The van der Waals surface area contributed by atoms with Gasteiger partial charge in [-0.1, -0.05) is 24.3 Å². The van der Waals surface area contributed by atoms with Crippen LogP contribution in [-0.2, 0) is 11.3 Å². The van der Waals surface area contributed by atoms with Crippen molar-refractivity contribution < 1.29 is 14.3 Å². The minimum Gasteiger partial charge on any atom is -0.495 e. The lowest BCUT2D eigenvalue weighted by Crippen LogP contribution is -2.51. The number of carbonyl (C=O) groups excluding carboxylic acids is 2. The smallest absolute Gasteiger partial charge is 0.317 e. The Labute approximate surface area is 165 Å². The molecule has 1 heterocycles. The molecule has 0 radical (unpaired) electrons. The zero-order valence-electron chi connectivity index (χ0n) is 16.3. The molecular formula is C21H26N4O3. The molecule has 148 valence electrons. The highest BCUT2D eigenvalue weighted by Crippen LogP contribution is 2.28. The maximum absolute atomic E-state index is 12.5. The number of amides is 3. The maximum atomic E-state index is 12.5. The summed E-state index contributed by atoms with van der Waals surface area (Å²) >= 11 is 0. The van der Waals surface area contributed by atoms with Gasteiger partial charge in [0.05, 0.1) is 12.8 Å². The highest BCUT2D eigenvalue weighted by atomic mass is 16.5. The monoisotopic (exact) mass is 382 g/mol. The van der Waals surface area contributed by atoms with Gasteiger partial charge in [0.15, 0.2) is 0 Å². The van der Waals surface area contributed by atoms with Crippen LogP contribution >= 0.6 is 0 Å². The van der Waals surface area contributed by atoms with Crippen LogP contribution in [0.3, 0.4) is 0 Å². The predicted octanol–water partition coefficient (Wildman–Crippen LogP) is 2.69. The van der Waals surface area contributed by atoms with Crippen LogP contribution in [0.4, 0.5) is 16.2 Å². The molecule has 0 unspecified atom stereocenters. The summed E-state index contributed by atoms with van der Waals surface area (Å²) in [7, 11) is 1.67. The third kappa shape index (κ3) is 4.94. The zero-order chi connectivity index (χ0) is 19.9. The third-order valence-corrected chi connectivity index (χ3v) is 4.68. The molecule has 7 nitrogen and oxygen atoms in total. The number of hydrogen-bond donors (Lipinski definition) is 2. The number of para-hydroxylation sites is 2. The highest BCUT2D eigenvalue weighted by molar-refractivity contribution is 5.88. The van der Waals surface area contributed by atoms with E-state index in [1.54, 1.807) is 7.11 Å². The summed E-state index contributed by atoms with van der Waals surface area (Å²) < 4.78 is 5.43. The molecule has 0 bridgehead atoms. The van der Waals surface area contributed by atoms with Gasteiger partial charge in [0.1, 0.15) is 5.75 Å². The molecule has 1 aliphatic rings. The van der Waals surface area contributed by atoms with Crippen molar-refractivity contribution in [2.24, 2.45) is 0 Å². The van der Waals surface area contributed by atoms with Gasteiger partial charge >= 0.3 is 6.03 Å². The van der Waals surface area contributed by atoms with Crippen molar-refractivity contribution in [1.82, 2.24) is 10.2 Å². The number of benzene rings is 2. The van der Waals surface area contributed by atoms with Crippen LogP contribution in [0.1, 0.15) is 12.5 Å². The quantitative estimate of drug-likeness (QED) is 0.834. The highest BCUT2D eigenvalue weighted by Gasteiger charge is 2.22. The zero-order valence-corrected chi connectivity index (χ0v) is 16.3. The number of hydrogen-bond acceptors (Lipinski definition) is 4. The van der Waals surface area contributed by atoms with Crippen molar-refractivity contribution in [2.75, 3.05) is 43.5 Å². The largest absolute Gasteiger partial charge is 0.495 e. The summed E-state index contributed by atoms with van der Waals surface area (Å²) in [6.45, 7) is 4.70. The molecule has 0 saturated carbocycles. The lowest BCUT2D eigenvalue weighted by atomic mass is 10.2. The van der Waals surface area contributed by atoms with Crippen LogP contribution in [0.15, 0.2) is 48.5 Å². The molecule has 28 heavy (non-hydrogen) atoms. The van der Waals surface area contributed by atoms with E-state index in [2.05, 4.69) is 15.5 Å². The first kappa shape index (κ1) is 19.5. The molecule has 2 aromatic carbocycles. The fourth-order valence-electron chi connectivity index (χ4n) is 3.29. The Morgan fingerprint density at radius 2 is 1.79 bits per heavy atom. The van der Waals surface area contributed by atoms with Gasteiger partial charge in [-0.25, -0.2) is 4.79 Å². The Bertz CT molecular complexity index is 832. The third-order valence-electron chi connectivity index (χ3n) is 4.68. The Hall–Kier alpha value is -3.22. The van der Waals surface area contributed by atoms with E-state index in [-0.39, 0.29) is 11.9 Å². The Kier molecular flexibility index (Phi) is 6.37. The molecular weight excluding hydrogens is 356 g/mol. The first-order valence-corrected chi connectivity index (χ1v) is 9.34. The number of rotatable bonds is 5. The first-order chi connectivity index (χ1) is 13.6. The molecule has 0 spiro atoms. The number of anilines is 2. The van der Waals surface area contributed by atoms with Crippen LogP contribution in [0.5, 0.6) is 5.75 Å². The van der Waals surface area contributed by atoms with E-state index in [1.807, 2.05) is 53.4 Å². The Morgan fingerprint density at radius 1 is 1.04 bits per heavy atom. The molecule has 0 aromatic heterocycles. The second kappa shape index (κ2) is 9.12. The first-order valence-electron chi connectivity index (χ1n) is 9.34. The molecule has 1 aliphatic heterocycles. The van der Waals surface area contributed by atoms with Crippen molar-refractivity contribution in [1.29, 1.82) is 0 Å². The van der Waals surface area contributed by atoms with Crippen molar-refractivity contribution in [3.63, 3.8) is 0 Å². The van der Waals surface area contributed by atoms with Crippen LogP contribution in [-0.4, -0.2) is 50.1 Å². The standard InChI is InChI=1S/C21H26N4O3/c1-16(26)23-18-7-5-6-17(14-18)15-22-21(27)25-12-10-24(11-13-25)19-8-3-4-9-20(19)28-2/h3-9,14H,10-13,15H2,1-2H3,(H,22,27)(H,23,26). The summed E-state index contributed by atoms with van der Waals surface area (Å²) in [6.07, 6.45) is 0. The van der Waals surface area contributed by atoms with E-state index in [9.17, 15) is 9.59 Å². The van der Waals surface area contributed by atoms with Crippen LogP contribution in [0.25, 0.3) is 0 Å². The molecule has 0 aliphatic carbocycles. The van der Waals surface area contributed by atoms with E-state index in [0.29, 0.717) is 19.6 Å². The normalized spacial score (nSPS) is 13.8. The van der Waals surface area contributed by atoms with Gasteiger partial charge in [-0.15, -0.1) is 0 Å². The lowest BCUT2D eigenvalue weighted by molar-refractivity contribution is -0.114. The van der Waals surface area contributed by atoms with E-state index >= 15 is 0 Å². The Morgan fingerprint density at radius 3 is 2.50 bits per heavy atom. The summed E-state index contributed by atoms with van der Waals surface area (Å²) in [6, 6.07) is 15.3. The topological polar surface area (TPSA) is 73.9 Å². The lowest BCUT2D eigenvalue weighted by Gasteiger charge is -2.36. The average Bonchev–Trinajstić information content (AvgIpc) is 2.72. The predicted molar refractivity (Wildman–Crippen MR) is 110 cm³/mol. The van der Waals surface area contributed by atoms with E-state index in [4.69, 9.17) is 4.74 Å². The van der Waals surface area contributed by atoms with Crippen LogP contribution in [0.2, 0.25) is 0 Å². The number of nitrogens with zero attached hydrogens (tertiary/aromatic N) is 2. The van der Waals surface area contributed by atoms with Crippen molar-refractivity contribution in [3.8, 4) is 5.75 Å². The molecule has 2 aromatic rings. The van der Waals surface area contributed by atoms with E-state index in [1.165, 1.54) is 6.92 Å². The number of methoxy groups -OCH3 is 1. The summed E-state index contributed by atoms with van der Waals surface area (Å²) in [5.41, 5.74) is 2.72. The molecule has 7 heteroatoms. The van der Waals surface area contributed by atoms with Gasteiger partial charge in [0, 0.05) is 45.3 Å². The van der Waals surface area contributed by atoms with Gasteiger partial charge < -0.3 is 25.2 Å². The molecule has 2 N–H and O–H groups in total. The maximum Gasteiger partial charge on any atom is 0.317 e. The SMILES string of the molecule is COc1ccccc1N1CCN(C(=O)NCc2cccc(NC(C)=O)c2)CC1. The van der Waals surface area contributed by atoms with Crippen LogP contribution < -0.4 is 20.3 Å². The molecule has 0 atom stereocenters. The second-order valence-electron chi connectivity index (χ2n) is 6.69. The van der Waals surface area contributed by atoms with Gasteiger partial charge in [-0.2, -0.15) is 0 Å². The molecule has 3 rings (SSSR count). The fraction of sp³-hybridized carbons (Fsp3) is 0.333. The van der Waals surface area contributed by atoms with Gasteiger partial charge in [0.25, 0.3) is 0 Å². The fourth-order valence-corrected chi connectivity index (χ4v) is 3.29. The number of carbonyl (C=O) groups is 2. The second-order valence-corrected chi connectivity index (χ2v) is 6.69. The minimum atomic E-state index is -0.117. The number of nitrogens with one attached hydrogen (secondary N) is 2. The summed E-state index contributed by atoms with van der Waals surface area (Å²) in [5.74, 6) is 0.730. The Balaban J connectivity index is 1.51. The van der Waals surface area contributed by atoms with Crippen molar-refractivity contribution in [2.45, 2.75) is 13.5 Å². The van der Waals surface area contributed by atoms with Crippen molar-refractivity contribution >= 4 is 23.3 Å². The van der Waals surface area contributed by atoms with Crippen LogP contribution in [0, 0.1) is 0 Å². The summed E-state index contributed by atoms with van der Waals surface area (Å²) in [4.78, 5) is 27.7.